The minimum absolute atomic E-state index is 0.588. The fourth-order valence-electron chi connectivity index (χ4n) is 1.29. The Balaban J connectivity index is 2.18. The standard InChI is InChI=1S/C11H13NOS/c1-8(2)6-11-12-7-9(13-11)10-4-3-5-14-10/h3-5,7-8H,6H2,1-2H3. The Morgan fingerprint density at radius 2 is 2.36 bits per heavy atom. The summed E-state index contributed by atoms with van der Waals surface area (Å²) in [5, 5.41) is 2.04. The van der Waals surface area contributed by atoms with E-state index in [2.05, 4.69) is 18.8 Å². The molecule has 74 valence electrons. The number of nitrogens with zero attached hydrogens (tertiary/aromatic N) is 1. The number of aromatic nitrogens is 1. The third kappa shape index (κ3) is 2.04. The van der Waals surface area contributed by atoms with E-state index in [-0.39, 0.29) is 0 Å². The number of oxazole rings is 1. The molecule has 3 heteroatoms. The van der Waals surface area contributed by atoms with E-state index >= 15 is 0 Å². The lowest BCUT2D eigenvalue weighted by Crippen LogP contribution is -1.92. The van der Waals surface area contributed by atoms with E-state index < -0.39 is 0 Å². The van der Waals surface area contributed by atoms with E-state index in [0.29, 0.717) is 5.92 Å². The SMILES string of the molecule is CC(C)Cc1ncc(-c2cccs2)o1. The molecular formula is C11H13NOS. The first kappa shape index (κ1) is 9.46. The molecule has 0 aromatic carbocycles. The highest BCUT2D eigenvalue weighted by atomic mass is 32.1. The molecule has 0 bridgehead atoms. The van der Waals surface area contributed by atoms with Gasteiger partial charge in [0.05, 0.1) is 11.1 Å². The zero-order valence-electron chi connectivity index (χ0n) is 8.36. The summed E-state index contributed by atoms with van der Waals surface area (Å²) < 4.78 is 5.64. The Kier molecular flexibility index (Phi) is 2.68. The van der Waals surface area contributed by atoms with Crippen LogP contribution >= 0.6 is 11.3 Å². The van der Waals surface area contributed by atoms with Gasteiger partial charge in [0.1, 0.15) is 0 Å². The minimum atomic E-state index is 0.588. The van der Waals surface area contributed by atoms with Crippen LogP contribution in [0.3, 0.4) is 0 Å². The van der Waals surface area contributed by atoms with Gasteiger partial charge in [-0.3, -0.25) is 0 Å². The fraction of sp³-hybridized carbons (Fsp3) is 0.364. The number of thiophene rings is 1. The lowest BCUT2D eigenvalue weighted by atomic mass is 10.1. The van der Waals surface area contributed by atoms with Gasteiger partial charge in [0.25, 0.3) is 0 Å². The topological polar surface area (TPSA) is 26.0 Å². The molecule has 0 N–H and O–H groups in total. The van der Waals surface area contributed by atoms with Gasteiger partial charge in [-0.1, -0.05) is 19.9 Å². The molecule has 2 heterocycles. The minimum Gasteiger partial charge on any atom is -0.440 e. The molecular weight excluding hydrogens is 194 g/mol. The Labute approximate surface area is 87.6 Å². The van der Waals surface area contributed by atoms with Crippen molar-refractivity contribution in [2.24, 2.45) is 5.92 Å². The number of rotatable bonds is 3. The van der Waals surface area contributed by atoms with E-state index in [1.165, 1.54) is 0 Å². The monoisotopic (exact) mass is 207 g/mol. The molecule has 2 rings (SSSR count). The largest absolute Gasteiger partial charge is 0.440 e. The van der Waals surface area contributed by atoms with E-state index in [1.807, 2.05) is 23.7 Å². The molecule has 0 radical (unpaired) electrons. The van der Waals surface area contributed by atoms with Crippen LogP contribution in [-0.4, -0.2) is 4.98 Å². The van der Waals surface area contributed by atoms with Gasteiger partial charge in [0, 0.05) is 6.42 Å². The van der Waals surface area contributed by atoms with Crippen molar-refractivity contribution >= 4 is 11.3 Å². The average molecular weight is 207 g/mol. The van der Waals surface area contributed by atoms with Gasteiger partial charge in [-0.05, 0) is 17.4 Å². The molecule has 0 saturated carbocycles. The zero-order valence-corrected chi connectivity index (χ0v) is 9.17. The lowest BCUT2D eigenvalue weighted by molar-refractivity contribution is 0.467. The Bertz CT molecular complexity index is 389. The quantitative estimate of drug-likeness (QED) is 0.768. The summed E-state index contributed by atoms with van der Waals surface area (Å²) >= 11 is 1.67. The average Bonchev–Trinajstić information content (AvgIpc) is 2.69. The maximum Gasteiger partial charge on any atom is 0.195 e. The number of hydrogen-bond acceptors (Lipinski definition) is 3. The van der Waals surface area contributed by atoms with Crippen LogP contribution in [0.2, 0.25) is 0 Å². The summed E-state index contributed by atoms with van der Waals surface area (Å²) in [5.74, 6) is 2.31. The van der Waals surface area contributed by atoms with E-state index in [9.17, 15) is 0 Å². The van der Waals surface area contributed by atoms with Gasteiger partial charge in [-0.15, -0.1) is 11.3 Å². The van der Waals surface area contributed by atoms with Crippen LogP contribution in [0.1, 0.15) is 19.7 Å². The van der Waals surface area contributed by atoms with Crippen molar-refractivity contribution in [1.82, 2.24) is 4.98 Å². The normalized spacial score (nSPS) is 11.1. The maximum absolute atomic E-state index is 5.64. The second-order valence-corrected chi connectivity index (χ2v) is 4.64. The van der Waals surface area contributed by atoms with Crippen molar-refractivity contribution in [2.75, 3.05) is 0 Å². The van der Waals surface area contributed by atoms with Crippen molar-refractivity contribution in [3.8, 4) is 10.6 Å². The molecule has 0 fully saturated rings. The Hall–Kier alpha value is -1.09. The van der Waals surface area contributed by atoms with Gasteiger partial charge >= 0.3 is 0 Å². The zero-order chi connectivity index (χ0) is 9.97. The second-order valence-electron chi connectivity index (χ2n) is 3.69. The first-order chi connectivity index (χ1) is 6.75. The van der Waals surface area contributed by atoms with Gasteiger partial charge in [0.2, 0.25) is 0 Å². The summed E-state index contributed by atoms with van der Waals surface area (Å²) in [6.07, 6.45) is 2.72. The van der Waals surface area contributed by atoms with E-state index in [4.69, 9.17) is 4.42 Å². The van der Waals surface area contributed by atoms with Crippen LogP contribution in [0, 0.1) is 5.92 Å². The van der Waals surface area contributed by atoms with Crippen molar-refractivity contribution in [2.45, 2.75) is 20.3 Å². The fourth-order valence-corrected chi connectivity index (χ4v) is 1.96. The maximum atomic E-state index is 5.64. The molecule has 0 amide bonds. The first-order valence-corrected chi connectivity index (χ1v) is 5.62. The van der Waals surface area contributed by atoms with Crippen molar-refractivity contribution in [3.05, 3.63) is 29.6 Å². The number of hydrogen-bond donors (Lipinski definition) is 0. The third-order valence-electron chi connectivity index (χ3n) is 1.90. The first-order valence-electron chi connectivity index (χ1n) is 4.74. The van der Waals surface area contributed by atoms with Gasteiger partial charge in [-0.2, -0.15) is 0 Å². The van der Waals surface area contributed by atoms with Crippen molar-refractivity contribution < 1.29 is 4.42 Å². The molecule has 2 nitrogen and oxygen atoms in total. The molecule has 0 unspecified atom stereocenters. The van der Waals surface area contributed by atoms with Gasteiger partial charge < -0.3 is 4.42 Å². The molecule has 0 aliphatic rings. The molecule has 0 spiro atoms. The van der Waals surface area contributed by atoms with Crippen LogP contribution in [0.5, 0.6) is 0 Å². The molecule has 0 aliphatic carbocycles. The van der Waals surface area contributed by atoms with Crippen LogP contribution in [-0.2, 0) is 6.42 Å². The summed E-state index contributed by atoms with van der Waals surface area (Å²) in [6.45, 7) is 4.32. The summed E-state index contributed by atoms with van der Waals surface area (Å²) in [5.41, 5.74) is 0. The van der Waals surface area contributed by atoms with Crippen molar-refractivity contribution in [3.63, 3.8) is 0 Å². The van der Waals surface area contributed by atoms with Gasteiger partial charge in [0.15, 0.2) is 11.7 Å². The van der Waals surface area contributed by atoms with Crippen LogP contribution in [0.15, 0.2) is 28.1 Å². The highest BCUT2D eigenvalue weighted by molar-refractivity contribution is 7.13. The summed E-state index contributed by atoms with van der Waals surface area (Å²) in [6, 6.07) is 4.06. The predicted octanol–water partition coefficient (Wildman–Crippen LogP) is 3.60. The van der Waals surface area contributed by atoms with Crippen LogP contribution in [0.4, 0.5) is 0 Å². The smallest absolute Gasteiger partial charge is 0.195 e. The van der Waals surface area contributed by atoms with Crippen LogP contribution < -0.4 is 0 Å². The summed E-state index contributed by atoms with van der Waals surface area (Å²) in [4.78, 5) is 5.40. The highest BCUT2D eigenvalue weighted by Crippen LogP contribution is 2.25. The predicted molar refractivity (Wildman–Crippen MR) is 58.4 cm³/mol. The second kappa shape index (κ2) is 3.96. The Morgan fingerprint density at radius 3 is 3.00 bits per heavy atom. The molecule has 0 aliphatic heterocycles. The Morgan fingerprint density at radius 1 is 1.50 bits per heavy atom. The molecule has 14 heavy (non-hydrogen) atoms. The molecule has 2 aromatic heterocycles. The van der Waals surface area contributed by atoms with Crippen molar-refractivity contribution in [1.29, 1.82) is 0 Å². The summed E-state index contributed by atoms with van der Waals surface area (Å²) in [7, 11) is 0. The van der Waals surface area contributed by atoms with Crippen LogP contribution in [0.25, 0.3) is 10.6 Å². The van der Waals surface area contributed by atoms with Gasteiger partial charge in [-0.25, -0.2) is 4.98 Å². The third-order valence-corrected chi connectivity index (χ3v) is 2.78. The molecule has 2 aromatic rings. The lowest BCUT2D eigenvalue weighted by Gasteiger charge is -1.97. The molecule has 0 saturated heterocycles. The van der Waals surface area contributed by atoms with E-state index in [0.717, 1.165) is 22.9 Å². The van der Waals surface area contributed by atoms with E-state index in [1.54, 1.807) is 11.3 Å². The molecule has 0 atom stereocenters. The highest BCUT2D eigenvalue weighted by Gasteiger charge is 2.07.